The Labute approximate surface area is 119 Å². The van der Waals surface area contributed by atoms with Crippen molar-refractivity contribution in [2.24, 2.45) is 11.7 Å². The average molecular weight is 295 g/mol. The molecule has 1 aromatic heterocycles. The summed E-state index contributed by atoms with van der Waals surface area (Å²) in [4.78, 5) is 15.4. The molecule has 7 heteroatoms. The first kappa shape index (κ1) is 17.2. The van der Waals surface area contributed by atoms with E-state index in [-0.39, 0.29) is 36.8 Å². The van der Waals surface area contributed by atoms with Crippen molar-refractivity contribution in [3.8, 4) is 0 Å². The number of nitrogens with two attached hydrogens (primary N) is 1. The summed E-state index contributed by atoms with van der Waals surface area (Å²) in [5.41, 5.74) is 5.89. The number of carbonyl (C=O) groups is 1. The molecule has 1 unspecified atom stereocenters. The van der Waals surface area contributed by atoms with Gasteiger partial charge in [-0.2, -0.15) is 0 Å². The smallest absolute Gasteiger partial charge is 0.221 e. The first-order valence-corrected chi connectivity index (χ1v) is 5.73. The van der Waals surface area contributed by atoms with E-state index in [1.54, 1.807) is 12.5 Å². The van der Waals surface area contributed by atoms with Gasteiger partial charge in [-0.1, -0.05) is 0 Å². The van der Waals surface area contributed by atoms with E-state index in [9.17, 15) is 4.79 Å². The molecule has 0 aliphatic heterocycles. The van der Waals surface area contributed by atoms with Crippen LogP contribution in [-0.4, -0.2) is 28.0 Å². The Bertz CT molecular complexity index is 341. The normalized spacial score (nSPS) is 15.2. The van der Waals surface area contributed by atoms with Crippen molar-refractivity contribution in [1.82, 2.24) is 14.9 Å². The van der Waals surface area contributed by atoms with Gasteiger partial charge in [-0.15, -0.1) is 24.8 Å². The zero-order valence-electron chi connectivity index (χ0n) is 10.1. The summed E-state index contributed by atoms with van der Waals surface area (Å²) in [7, 11) is 0. The number of nitrogens with zero attached hydrogens (tertiary/aromatic N) is 2. The molecule has 0 radical (unpaired) electrons. The monoisotopic (exact) mass is 294 g/mol. The molecule has 0 bridgehead atoms. The molecular weight excluding hydrogens is 275 g/mol. The molecule has 5 nitrogen and oxygen atoms in total. The molecule has 0 saturated heterocycles. The summed E-state index contributed by atoms with van der Waals surface area (Å²) in [5.74, 6) is 0.693. The summed E-state index contributed by atoms with van der Waals surface area (Å²) in [5, 5.41) is 2.87. The molecular formula is C11H20Cl2N4O. The Morgan fingerprint density at radius 1 is 1.50 bits per heavy atom. The van der Waals surface area contributed by atoms with Gasteiger partial charge in [0.25, 0.3) is 0 Å². The third kappa shape index (κ3) is 5.71. The second-order valence-electron chi connectivity index (χ2n) is 4.36. The van der Waals surface area contributed by atoms with Gasteiger partial charge < -0.3 is 15.6 Å². The summed E-state index contributed by atoms with van der Waals surface area (Å²) in [6.07, 6.45) is 8.18. The third-order valence-corrected chi connectivity index (χ3v) is 2.92. The Kier molecular flexibility index (Phi) is 7.98. The number of hydrogen-bond acceptors (Lipinski definition) is 3. The fourth-order valence-electron chi connectivity index (χ4n) is 1.66. The van der Waals surface area contributed by atoms with Crippen molar-refractivity contribution in [3.63, 3.8) is 0 Å². The van der Waals surface area contributed by atoms with Crippen molar-refractivity contribution in [1.29, 1.82) is 0 Å². The number of imidazole rings is 1. The molecule has 1 fully saturated rings. The largest absolute Gasteiger partial charge is 0.354 e. The predicted octanol–water partition coefficient (Wildman–Crippen LogP) is 0.970. The molecule has 1 aliphatic carbocycles. The van der Waals surface area contributed by atoms with E-state index in [2.05, 4.69) is 10.3 Å². The second kappa shape index (κ2) is 8.34. The van der Waals surface area contributed by atoms with Crippen LogP contribution in [0.4, 0.5) is 0 Å². The maximum absolute atomic E-state index is 11.5. The maximum Gasteiger partial charge on any atom is 0.221 e. The van der Waals surface area contributed by atoms with Crippen LogP contribution in [0.5, 0.6) is 0 Å². The quantitative estimate of drug-likeness (QED) is 0.821. The average Bonchev–Trinajstić information content (AvgIpc) is 3.01. The van der Waals surface area contributed by atoms with E-state index in [0.717, 1.165) is 0 Å². The molecule has 3 N–H and O–H groups in total. The first-order chi connectivity index (χ1) is 7.75. The van der Waals surface area contributed by atoms with Crippen molar-refractivity contribution in [2.75, 3.05) is 6.54 Å². The Balaban J connectivity index is 0.00000144. The van der Waals surface area contributed by atoms with Crippen molar-refractivity contribution >= 4 is 30.7 Å². The van der Waals surface area contributed by atoms with Crippen LogP contribution in [0.25, 0.3) is 0 Å². The van der Waals surface area contributed by atoms with Gasteiger partial charge in [0.2, 0.25) is 5.91 Å². The predicted molar refractivity (Wildman–Crippen MR) is 75.0 cm³/mol. The minimum absolute atomic E-state index is 0. The number of amides is 1. The molecule has 0 aromatic carbocycles. The second-order valence-corrected chi connectivity index (χ2v) is 4.36. The van der Waals surface area contributed by atoms with Crippen molar-refractivity contribution in [3.05, 3.63) is 18.7 Å². The van der Waals surface area contributed by atoms with Gasteiger partial charge >= 0.3 is 0 Å². The highest BCUT2D eigenvalue weighted by molar-refractivity contribution is 5.85. The van der Waals surface area contributed by atoms with E-state index in [0.29, 0.717) is 25.4 Å². The number of rotatable bonds is 6. The number of aromatic nitrogens is 2. The van der Waals surface area contributed by atoms with Crippen LogP contribution >= 0.6 is 24.8 Å². The van der Waals surface area contributed by atoms with Crippen LogP contribution in [0.15, 0.2) is 18.7 Å². The van der Waals surface area contributed by atoms with Crippen LogP contribution in [-0.2, 0) is 11.3 Å². The fraction of sp³-hybridized carbons (Fsp3) is 0.636. The van der Waals surface area contributed by atoms with Crippen LogP contribution in [0.2, 0.25) is 0 Å². The van der Waals surface area contributed by atoms with E-state index in [1.165, 1.54) is 12.8 Å². The lowest BCUT2D eigenvalue weighted by atomic mass is 10.2. The Morgan fingerprint density at radius 3 is 2.78 bits per heavy atom. The van der Waals surface area contributed by atoms with E-state index in [4.69, 9.17) is 5.73 Å². The topological polar surface area (TPSA) is 72.9 Å². The van der Waals surface area contributed by atoms with Crippen LogP contribution in [0.1, 0.15) is 19.3 Å². The lowest BCUT2D eigenvalue weighted by Crippen LogP contribution is -2.38. The van der Waals surface area contributed by atoms with Crippen LogP contribution in [0.3, 0.4) is 0 Å². The third-order valence-electron chi connectivity index (χ3n) is 2.92. The number of nitrogens with one attached hydrogen (secondary N) is 1. The van der Waals surface area contributed by atoms with Gasteiger partial charge in [-0.05, 0) is 18.8 Å². The summed E-state index contributed by atoms with van der Waals surface area (Å²) in [6, 6.07) is 0.136. The molecule has 2 rings (SSSR count). The van der Waals surface area contributed by atoms with Crippen molar-refractivity contribution < 1.29 is 4.79 Å². The molecule has 1 saturated carbocycles. The fourth-order valence-corrected chi connectivity index (χ4v) is 1.66. The lowest BCUT2D eigenvalue weighted by Gasteiger charge is -2.11. The van der Waals surface area contributed by atoms with Gasteiger partial charge in [-0.25, -0.2) is 4.98 Å². The van der Waals surface area contributed by atoms with Crippen molar-refractivity contribution in [2.45, 2.75) is 31.8 Å². The van der Waals surface area contributed by atoms with Gasteiger partial charge in [0.15, 0.2) is 0 Å². The van der Waals surface area contributed by atoms with Gasteiger partial charge in [0.1, 0.15) is 0 Å². The van der Waals surface area contributed by atoms with Crippen LogP contribution < -0.4 is 11.1 Å². The zero-order valence-corrected chi connectivity index (χ0v) is 11.8. The number of aryl methyl sites for hydroxylation is 1. The maximum atomic E-state index is 11.5. The van der Waals surface area contributed by atoms with E-state index >= 15 is 0 Å². The molecule has 1 aromatic rings. The van der Waals surface area contributed by atoms with Crippen LogP contribution in [0, 0.1) is 5.92 Å². The van der Waals surface area contributed by atoms with Gasteiger partial charge in [-0.3, -0.25) is 4.79 Å². The molecule has 1 atom stereocenters. The lowest BCUT2D eigenvalue weighted by molar-refractivity contribution is -0.121. The van der Waals surface area contributed by atoms with Gasteiger partial charge in [0, 0.05) is 37.9 Å². The van der Waals surface area contributed by atoms with E-state index in [1.807, 2.05) is 10.8 Å². The number of carbonyl (C=O) groups excluding carboxylic acids is 1. The Morgan fingerprint density at radius 2 is 2.22 bits per heavy atom. The minimum atomic E-state index is 0. The number of halogens is 2. The minimum Gasteiger partial charge on any atom is -0.354 e. The summed E-state index contributed by atoms with van der Waals surface area (Å²) >= 11 is 0. The highest BCUT2D eigenvalue weighted by atomic mass is 35.5. The Hall–Kier alpha value is -0.780. The molecule has 0 spiro atoms. The molecule has 1 heterocycles. The highest BCUT2D eigenvalue weighted by Crippen LogP contribution is 2.31. The number of hydrogen-bond donors (Lipinski definition) is 2. The molecule has 18 heavy (non-hydrogen) atoms. The van der Waals surface area contributed by atoms with E-state index < -0.39 is 0 Å². The summed E-state index contributed by atoms with van der Waals surface area (Å²) in [6.45, 7) is 1.28. The SMILES string of the molecule is Cl.Cl.NC(CNC(=O)CCn1ccnc1)C1CC1. The summed E-state index contributed by atoms with van der Waals surface area (Å²) < 4.78 is 1.89. The standard InChI is InChI=1S/C11H18N4O.2ClH/c12-10(9-1-2-9)7-14-11(16)3-5-15-6-4-13-8-15;;/h4,6,8-10H,1-3,5,7,12H2,(H,14,16);2*1H. The molecule has 1 amide bonds. The first-order valence-electron chi connectivity index (χ1n) is 5.73. The van der Waals surface area contributed by atoms with Gasteiger partial charge in [0.05, 0.1) is 6.33 Å². The molecule has 1 aliphatic rings. The zero-order chi connectivity index (χ0) is 11.4. The highest BCUT2D eigenvalue weighted by Gasteiger charge is 2.28. The molecule has 104 valence electrons.